The van der Waals surface area contributed by atoms with Crippen molar-refractivity contribution in [3.8, 4) is 0 Å². The molecule has 11 heavy (non-hydrogen) atoms. The molecule has 0 nitrogen and oxygen atoms in total. The second-order valence-corrected chi connectivity index (χ2v) is 4.68. The van der Waals surface area contributed by atoms with Gasteiger partial charge in [-0.15, -0.1) is 0 Å². The summed E-state index contributed by atoms with van der Waals surface area (Å²) in [5, 5.41) is 0.912. The highest BCUT2D eigenvalue weighted by Crippen LogP contribution is 2.25. The minimum absolute atomic E-state index is 0.903. The molecule has 0 saturated heterocycles. The maximum absolute atomic E-state index is 2.38. The van der Waals surface area contributed by atoms with E-state index in [1.807, 2.05) is 0 Å². The molecule has 0 amide bonds. The van der Waals surface area contributed by atoms with Crippen molar-refractivity contribution in [2.24, 2.45) is 5.92 Å². The van der Waals surface area contributed by atoms with Crippen molar-refractivity contribution in [3.05, 3.63) is 0 Å². The van der Waals surface area contributed by atoms with Crippen LogP contribution in [0.4, 0.5) is 0 Å². The monoisotopic (exact) mass is 174 g/mol. The molecule has 0 aromatic carbocycles. The first kappa shape index (κ1) is 11.4. The van der Waals surface area contributed by atoms with Gasteiger partial charge in [-0.25, -0.2) is 0 Å². The Hall–Kier alpha value is 0.350. The summed E-state index contributed by atoms with van der Waals surface area (Å²) in [5.74, 6) is 2.18. The normalized spacial score (nSPS) is 16.4. The summed E-state index contributed by atoms with van der Waals surface area (Å²) in [6, 6.07) is 0. The van der Waals surface area contributed by atoms with E-state index in [1.165, 1.54) is 25.0 Å². The summed E-state index contributed by atoms with van der Waals surface area (Å²) < 4.78 is 0. The summed E-state index contributed by atoms with van der Waals surface area (Å²) in [7, 11) is 0. The molecule has 68 valence electrons. The summed E-state index contributed by atoms with van der Waals surface area (Å²) >= 11 is 2.13. The van der Waals surface area contributed by atoms with Crippen LogP contribution in [0.2, 0.25) is 0 Å². The maximum Gasteiger partial charge on any atom is 0.00723 e. The SMILES string of the molecule is CCCC(SCC)C(C)CC. The van der Waals surface area contributed by atoms with Crippen molar-refractivity contribution in [2.45, 2.75) is 52.2 Å². The molecule has 0 saturated carbocycles. The molecule has 0 aromatic heterocycles. The van der Waals surface area contributed by atoms with E-state index in [4.69, 9.17) is 0 Å². The molecule has 0 rings (SSSR count). The van der Waals surface area contributed by atoms with E-state index in [2.05, 4.69) is 39.5 Å². The highest BCUT2D eigenvalue weighted by atomic mass is 32.2. The fourth-order valence-electron chi connectivity index (χ4n) is 1.29. The van der Waals surface area contributed by atoms with Crippen molar-refractivity contribution in [1.29, 1.82) is 0 Å². The zero-order valence-corrected chi connectivity index (χ0v) is 9.21. The first-order valence-corrected chi connectivity index (χ1v) is 5.92. The van der Waals surface area contributed by atoms with Gasteiger partial charge in [-0.1, -0.05) is 40.5 Å². The van der Waals surface area contributed by atoms with Gasteiger partial charge < -0.3 is 0 Å². The molecule has 0 aliphatic rings. The fraction of sp³-hybridized carbons (Fsp3) is 1.00. The highest BCUT2D eigenvalue weighted by Gasteiger charge is 2.13. The molecule has 0 heterocycles. The standard InChI is InChI=1S/C10H22S/c1-5-8-10(11-7-3)9(4)6-2/h9-10H,5-8H2,1-4H3. The second kappa shape index (κ2) is 7.02. The van der Waals surface area contributed by atoms with Gasteiger partial charge in [0.25, 0.3) is 0 Å². The highest BCUT2D eigenvalue weighted by molar-refractivity contribution is 7.99. The Morgan fingerprint density at radius 2 is 1.82 bits per heavy atom. The first-order chi connectivity index (χ1) is 5.26. The molecule has 0 bridgehead atoms. The largest absolute Gasteiger partial charge is 0.159 e. The van der Waals surface area contributed by atoms with Gasteiger partial charge >= 0.3 is 0 Å². The van der Waals surface area contributed by atoms with Crippen LogP contribution in [0.1, 0.15) is 47.0 Å². The Bertz CT molecular complexity index is 74.9. The van der Waals surface area contributed by atoms with E-state index in [0.29, 0.717) is 0 Å². The zero-order chi connectivity index (χ0) is 8.69. The number of hydrogen-bond donors (Lipinski definition) is 0. The molecule has 2 atom stereocenters. The van der Waals surface area contributed by atoms with Crippen LogP contribution < -0.4 is 0 Å². The van der Waals surface area contributed by atoms with E-state index in [0.717, 1.165) is 11.2 Å². The van der Waals surface area contributed by atoms with Gasteiger partial charge in [0.1, 0.15) is 0 Å². The predicted octanol–water partition coefficient (Wildman–Crippen LogP) is 3.95. The molecular formula is C10H22S. The molecule has 0 aliphatic carbocycles. The Labute approximate surface area is 76.1 Å². The third-order valence-electron chi connectivity index (χ3n) is 2.23. The summed E-state index contributed by atoms with van der Waals surface area (Å²) in [6.45, 7) is 9.22. The molecular weight excluding hydrogens is 152 g/mol. The molecule has 0 aliphatic heterocycles. The lowest BCUT2D eigenvalue weighted by Crippen LogP contribution is -2.13. The summed E-state index contributed by atoms with van der Waals surface area (Å²) in [4.78, 5) is 0. The van der Waals surface area contributed by atoms with Crippen molar-refractivity contribution in [3.63, 3.8) is 0 Å². The molecule has 2 unspecified atom stereocenters. The van der Waals surface area contributed by atoms with Crippen LogP contribution in [-0.4, -0.2) is 11.0 Å². The lowest BCUT2D eigenvalue weighted by Gasteiger charge is -2.21. The number of thioether (sulfide) groups is 1. The molecule has 0 N–H and O–H groups in total. The minimum atomic E-state index is 0.903. The number of hydrogen-bond acceptors (Lipinski definition) is 1. The van der Waals surface area contributed by atoms with Gasteiger partial charge in [-0.3, -0.25) is 0 Å². The van der Waals surface area contributed by atoms with Crippen LogP contribution in [0.15, 0.2) is 0 Å². The van der Waals surface area contributed by atoms with Crippen molar-refractivity contribution in [1.82, 2.24) is 0 Å². The van der Waals surface area contributed by atoms with Crippen LogP contribution in [0.5, 0.6) is 0 Å². The van der Waals surface area contributed by atoms with Crippen molar-refractivity contribution in [2.75, 3.05) is 5.75 Å². The van der Waals surface area contributed by atoms with Crippen LogP contribution in [0.25, 0.3) is 0 Å². The van der Waals surface area contributed by atoms with Gasteiger partial charge in [0, 0.05) is 5.25 Å². The lowest BCUT2D eigenvalue weighted by atomic mass is 10.0. The smallest absolute Gasteiger partial charge is 0.00723 e. The third kappa shape index (κ3) is 4.73. The molecule has 0 spiro atoms. The quantitative estimate of drug-likeness (QED) is 0.587. The Morgan fingerprint density at radius 1 is 1.18 bits per heavy atom. The van der Waals surface area contributed by atoms with Gasteiger partial charge in [0.05, 0.1) is 0 Å². The Morgan fingerprint density at radius 3 is 2.18 bits per heavy atom. The van der Waals surface area contributed by atoms with E-state index >= 15 is 0 Å². The first-order valence-electron chi connectivity index (χ1n) is 4.87. The second-order valence-electron chi connectivity index (χ2n) is 3.17. The lowest BCUT2D eigenvalue weighted by molar-refractivity contribution is 0.507. The maximum atomic E-state index is 2.38. The molecule has 0 aromatic rings. The molecule has 0 fully saturated rings. The van der Waals surface area contributed by atoms with Crippen molar-refractivity contribution >= 4 is 11.8 Å². The Kier molecular flexibility index (Phi) is 7.25. The third-order valence-corrected chi connectivity index (χ3v) is 3.69. The van der Waals surface area contributed by atoms with Gasteiger partial charge in [-0.05, 0) is 18.1 Å². The van der Waals surface area contributed by atoms with Gasteiger partial charge in [0.15, 0.2) is 0 Å². The van der Waals surface area contributed by atoms with E-state index in [-0.39, 0.29) is 0 Å². The fourth-order valence-corrected chi connectivity index (χ4v) is 2.65. The molecule has 1 heteroatoms. The average molecular weight is 174 g/mol. The Balaban J connectivity index is 3.66. The molecule has 0 radical (unpaired) electrons. The van der Waals surface area contributed by atoms with E-state index in [1.54, 1.807) is 0 Å². The van der Waals surface area contributed by atoms with E-state index < -0.39 is 0 Å². The minimum Gasteiger partial charge on any atom is -0.159 e. The topological polar surface area (TPSA) is 0 Å². The van der Waals surface area contributed by atoms with E-state index in [9.17, 15) is 0 Å². The van der Waals surface area contributed by atoms with Crippen LogP contribution >= 0.6 is 11.8 Å². The van der Waals surface area contributed by atoms with Crippen LogP contribution in [0, 0.1) is 5.92 Å². The summed E-state index contributed by atoms with van der Waals surface area (Å²) in [5.41, 5.74) is 0. The number of rotatable bonds is 6. The average Bonchev–Trinajstić information content (AvgIpc) is 2.03. The van der Waals surface area contributed by atoms with Gasteiger partial charge in [-0.2, -0.15) is 11.8 Å². The zero-order valence-electron chi connectivity index (χ0n) is 8.39. The van der Waals surface area contributed by atoms with Gasteiger partial charge in [0.2, 0.25) is 0 Å². The van der Waals surface area contributed by atoms with Crippen LogP contribution in [-0.2, 0) is 0 Å². The van der Waals surface area contributed by atoms with Crippen LogP contribution in [0.3, 0.4) is 0 Å². The van der Waals surface area contributed by atoms with Crippen molar-refractivity contribution < 1.29 is 0 Å². The predicted molar refractivity (Wildman–Crippen MR) is 56.3 cm³/mol. The summed E-state index contributed by atoms with van der Waals surface area (Å²) in [6.07, 6.45) is 4.06.